The summed E-state index contributed by atoms with van der Waals surface area (Å²) in [5.41, 5.74) is 1.76. The summed E-state index contributed by atoms with van der Waals surface area (Å²) in [6, 6.07) is 15.8. The highest BCUT2D eigenvalue weighted by molar-refractivity contribution is 6.30. The maximum atomic E-state index is 12.0. The number of carbonyl (C=O) groups is 2. The van der Waals surface area contributed by atoms with Crippen molar-refractivity contribution in [3.8, 4) is 0 Å². The second kappa shape index (κ2) is 8.93. The first kappa shape index (κ1) is 17.8. The molecule has 2 N–H and O–H groups in total. The molecule has 0 heterocycles. The number of nitrogens with one attached hydrogen (secondary N) is 2. The zero-order chi connectivity index (χ0) is 17.4. The number of halogens is 1. The van der Waals surface area contributed by atoms with Crippen LogP contribution in [-0.2, 0) is 22.7 Å². The Balaban J connectivity index is 1.73. The molecule has 24 heavy (non-hydrogen) atoms. The lowest BCUT2D eigenvalue weighted by Gasteiger charge is -2.14. The van der Waals surface area contributed by atoms with Gasteiger partial charge < -0.3 is 15.4 Å². The van der Waals surface area contributed by atoms with E-state index < -0.39 is 12.1 Å². The number of amides is 2. The van der Waals surface area contributed by atoms with Crippen molar-refractivity contribution in [1.29, 1.82) is 0 Å². The van der Waals surface area contributed by atoms with E-state index in [1.54, 1.807) is 19.1 Å². The summed E-state index contributed by atoms with van der Waals surface area (Å²) in [5, 5.41) is 5.84. The first-order chi connectivity index (χ1) is 11.5. The zero-order valence-electron chi connectivity index (χ0n) is 13.3. The van der Waals surface area contributed by atoms with Crippen molar-refractivity contribution in [1.82, 2.24) is 10.6 Å². The van der Waals surface area contributed by atoms with Crippen LogP contribution >= 0.6 is 11.6 Å². The van der Waals surface area contributed by atoms with Gasteiger partial charge in [-0.05, 0) is 30.2 Å². The van der Waals surface area contributed by atoms with Crippen LogP contribution in [0.1, 0.15) is 18.1 Å². The summed E-state index contributed by atoms with van der Waals surface area (Å²) < 4.78 is 5.08. The first-order valence-corrected chi connectivity index (χ1v) is 7.92. The van der Waals surface area contributed by atoms with E-state index in [1.807, 2.05) is 42.5 Å². The van der Waals surface area contributed by atoms with Crippen LogP contribution < -0.4 is 10.6 Å². The molecule has 0 aliphatic rings. The molecule has 6 heteroatoms. The van der Waals surface area contributed by atoms with Gasteiger partial charge in [0.1, 0.15) is 12.6 Å². The molecule has 126 valence electrons. The lowest BCUT2D eigenvalue weighted by molar-refractivity contribution is -0.122. The van der Waals surface area contributed by atoms with E-state index in [1.165, 1.54) is 0 Å². The van der Waals surface area contributed by atoms with Crippen molar-refractivity contribution in [2.45, 2.75) is 26.1 Å². The van der Waals surface area contributed by atoms with E-state index in [2.05, 4.69) is 10.6 Å². The Morgan fingerprint density at radius 1 is 1.08 bits per heavy atom. The lowest BCUT2D eigenvalue weighted by Crippen LogP contribution is -2.44. The predicted molar refractivity (Wildman–Crippen MR) is 92.5 cm³/mol. The number of hydrogen-bond donors (Lipinski definition) is 2. The summed E-state index contributed by atoms with van der Waals surface area (Å²) in [7, 11) is 0. The van der Waals surface area contributed by atoms with Crippen molar-refractivity contribution in [3.05, 3.63) is 70.7 Å². The van der Waals surface area contributed by atoms with Crippen molar-refractivity contribution >= 4 is 23.6 Å². The summed E-state index contributed by atoms with van der Waals surface area (Å²) in [6.07, 6.45) is -0.635. The molecule has 0 spiro atoms. The van der Waals surface area contributed by atoms with Gasteiger partial charge in [0.05, 0.1) is 0 Å². The standard InChI is InChI=1S/C18H19ClN2O3/c1-13(17(22)20-11-15-8-5-9-16(19)10-15)21-18(23)24-12-14-6-3-2-4-7-14/h2-10,13H,11-12H2,1H3,(H,20,22)(H,21,23)/t13-/m0/s1. The number of benzene rings is 2. The molecule has 0 fully saturated rings. The summed E-state index contributed by atoms with van der Waals surface area (Å²) >= 11 is 5.89. The summed E-state index contributed by atoms with van der Waals surface area (Å²) in [4.78, 5) is 23.7. The largest absolute Gasteiger partial charge is 0.445 e. The molecule has 2 rings (SSSR count). The van der Waals surface area contributed by atoms with Gasteiger partial charge in [-0.25, -0.2) is 4.79 Å². The molecule has 0 saturated heterocycles. The molecular formula is C18H19ClN2O3. The van der Waals surface area contributed by atoms with Gasteiger partial charge in [-0.15, -0.1) is 0 Å². The smallest absolute Gasteiger partial charge is 0.408 e. The van der Waals surface area contributed by atoms with Crippen LogP contribution in [0, 0.1) is 0 Å². The number of carbonyl (C=O) groups excluding carboxylic acids is 2. The van der Waals surface area contributed by atoms with Crippen molar-refractivity contribution < 1.29 is 14.3 Å². The highest BCUT2D eigenvalue weighted by atomic mass is 35.5. The molecule has 0 aliphatic carbocycles. The van der Waals surface area contributed by atoms with Gasteiger partial charge in [-0.3, -0.25) is 4.79 Å². The number of rotatable bonds is 6. The Kier molecular flexibility index (Phi) is 6.63. The predicted octanol–water partition coefficient (Wildman–Crippen LogP) is 3.27. The number of ether oxygens (including phenoxy) is 1. The second-order valence-corrected chi connectivity index (χ2v) is 5.71. The maximum absolute atomic E-state index is 12.0. The molecule has 2 aromatic rings. The van der Waals surface area contributed by atoms with Crippen molar-refractivity contribution in [3.63, 3.8) is 0 Å². The van der Waals surface area contributed by atoms with Gasteiger partial charge in [0, 0.05) is 11.6 Å². The lowest BCUT2D eigenvalue weighted by atomic mass is 10.2. The van der Waals surface area contributed by atoms with Crippen LogP contribution in [0.3, 0.4) is 0 Å². The topological polar surface area (TPSA) is 67.4 Å². The monoisotopic (exact) mass is 346 g/mol. The summed E-state index contributed by atoms with van der Waals surface area (Å²) in [5.74, 6) is -0.299. The van der Waals surface area contributed by atoms with Crippen LogP contribution in [0.15, 0.2) is 54.6 Å². The third-order valence-corrected chi connectivity index (χ3v) is 3.53. The SMILES string of the molecule is C[C@H](NC(=O)OCc1ccccc1)C(=O)NCc1cccc(Cl)c1. The highest BCUT2D eigenvalue weighted by Gasteiger charge is 2.16. The van der Waals surface area contributed by atoms with E-state index >= 15 is 0 Å². The average Bonchev–Trinajstić information content (AvgIpc) is 2.59. The molecule has 0 aliphatic heterocycles. The van der Waals surface area contributed by atoms with Crippen LogP contribution in [-0.4, -0.2) is 18.0 Å². The Bertz CT molecular complexity index is 692. The van der Waals surface area contributed by atoms with Crippen LogP contribution in [0.25, 0.3) is 0 Å². The minimum Gasteiger partial charge on any atom is -0.445 e. The van der Waals surface area contributed by atoms with Crippen molar-refractivity contribution in [2.24, 2.45) is 0 Å². The summed E-state index contributed by atoms with van der Waals surface area (Å²) in [6.45, 7) is 2.09. The van der Waals surface area contributed by atoms with E-state index in [9.17, 15) is 9.59 Å². The molecule has 5 nitrogen and oxygen atoms in total. The molecule has 0 bridgehead atoms. The molecule has 2 amide bonds. The molecule has 1 atom stereocenters. The molecule has 0 radical (unpaired) electrons. The molecule has 2 aromatic carbocycles. The van der Waals surface area contributed by atoms with E-state index in [-0.39, 0.29) is 12.5 Å². The second-order valence-electron chi connectivity index (χ2n) is 5.28. The molecular weight excluding hydrogens is 328 g/mol. The van der Waals surface area contributed by atoms with Gasteiger partial charge in [-0.2, -0.15) is 0 Å². The minimum atomic E-state index is -0.701. The zero-order valence-corrected chi connectivity index (χ0v) is 14.0. The maximum Gasteiger partial charge on any atom is 0.408 e. The third kappa shape index (κ3) is 5.93. The molecule has 0 aromatic heterocycles. The van der Waals surface area contributed by atoms with E-state index in [4.69, 9.17) is 16.3 Å². The average molecular weight is 347 g/mol. The normalized spacial score (nSPS) is 11.4. The van der Waals surface area contributed by atoms with Gasteiger partial charge in [-0.1, -0.05) is 54.1 Å². The number of alkyl carbamates (subject to hydrolysis) is 1. The van der Waals surface area contributed by atoms with Crippen molar-refractivity contribution in [2.75, 3.05) is 0 Å². The Labute approximate surface area is 146 Å². The van der Waals surface area contributed by atoms with Gasteiger partial charge in [0.15, 0.2) is 0 Å². The highest BCUT2D eigenvalue weighted by Crippen LogP contribution is 2.10. The Morgan fingerprint density at radius 3 is 2.50 bits per heavy atom. The first-order valence-electron chi connectivity index (χ1n) is 7.54. The third-order valence-electron chi connectivity index (χ3n) is 3.30. The van der Waals surface area contributed by atoms with Crippen LogP contribution in [0.5, 0.6) is 0 Å². The van der Waals surface area contributed by atoms with Gasteiger partial charge >= 0.3 is 6.09 Å². The van der Waals surface area contributed by atoms with E-state index in [0.717, 1.165) is 11.1 Å². The van der Waals surface area contributed by atoms with Gasteiger partial charge in [0.25, 0.3) is 0 Å². The Morgan fingerprint density at radius 2 is 1.79 bits per heavy atom. The fraction of sp³-hybridized carbons (Fsp3) is 0.222. The molecule has 0 saturated carbocycles. The van der Waals surface area contributed by atoms with Crippen LogP contribution in [0.2, 0.25) is 5.02 Å². The van der Waals surface area contributed by atoms with Crippen LogP contribution in [0.4, 0.5) is 4.79 Å². The fourth-order valence-corrected chi connectivity index (χ4v) is 2.21. The van der Waals surface area contributed by atoms with Gasteiger partial charge in [0.2, 0.25) is 5.91 Å². The van der Waals surface area contributed by atoms with E-state index in [0.29, 0.717) is 11.6 Å². The number of hydrogen-bond acceptors (Lipinski definition) is 3. The molecule has 0 unspecified atom stereocenters. The Hall–Kier alpha value is -2.53. The fourth-order valence-electron chi connectivity index (χ4n) is 2.00. The quantitative estimate of drug-likeness (QED) is 0.843. The minimum absolute atomic E-state index is 0.156.